The Morgan fingerprint density at radius 1 is 1.31 bits per heavy atom. The Morgan fingerprint density at radius 2 is 2.12 bits per heavy atom. The molecule has 0 aliphatic rings. The van der Waals surface area contributed by atoms with Gasteiger partial charge in [0.05, 0.1) is 0 Å². The fourth-order valence-electron chi connectivity index (χ4n) is 1.54. The van der Waals surface area contributed by atoms with Crippen molar-refractivity contribution in [2.45, 2.75) is 19.4 Å². The third-order valence-corrected chi connectivity index (χ3v) is 2.39. The van der Waals surface area contributed by atoms with Crippen LogP contribution in [-0.4, -0.2) is 15.9 Å². The molecule has 82 valence electrons. The Morgan fingerprint density at radius 3 is 2.81 bits per heavy atom. The largest absolute Gasteiger partial charge is 0.307 e. The molecule has 0 aliphatic heterocycles. The molecule has 0 bridgehead atoms. The fraction of sp³-hybridized carbons (Fsp3) is 0.250. The number of hydrogen-bond donors (Lipinski definition) is 1. The second-order valence-electron chi connectivity index (χ2n) is 3.67. The summed E-state index contributed by atoms with van der Waals surface area (Å²) >= 11 is 0. The van der Waals surface area contributed by atoms with Crippen molar-refractivity contribution in [3.8, 4) is 0 Å². The van der Waals surface area contributed by atoms with E-state index in [-0.39, 0.29) is 5.78 Å². The van der Waals surface area contributed by atoms with Crippen LogP contribution in [0.5, 0.6) is 0 Å². The highest BCUT2D eigenvalue weighted by atomic mass is 16.1. The number of benzene rings is 1. The smallest absolute Gasteiger partial charge is 0.295 e. The van der Waals surface area contributed by atoms with Crippen LogP contribution in [-0.2, 0) is 17.8 Å². The van der Waals surface area contributed by atoms with Gasteiger partial charge >= 0.3 is 6.33 Å². The first-order chi connectivity index (χ1) is 7.84. The number of aromatic amines is 1. The predicted octanol–water partition coefficient (Wildman–Crippen LogP) is 0.899. The van der Waals surface area contributed by atoms with Gasteiger partial charge in [-0.1, -0.05) is 30.3 Å². The minimum absolute atomic E-state index is 0.207. The van der Waals surface area contributed by atoms with E-state index in [1.54, 1.807) is 17.3 Å². The Kier molecular flexibility index (Phi) is 3.43. The highest BCUT2D eigenvalue weighted by molar-refractivity contribution is 5.77. The molecular weight excluding hydrogens is 202 g/mol. The average Bonchev–Trinajstić information content (AvgIpc) is 2.81. The van der Waals surface area contributed by atoms with Gasteiger partial charge in [0.15, 0.2) is 12.3 Å². The number of rotatable bonds is 5. The molecule has 2 aromatic rings. The Bertz CT molecular complexity index is 437. The lowest BCUT2D eigenvalue weighted by Gasteiger charge is -1.99. The summed E-state index contributed by atoms with van der Waals surface area (Å²) in [5.41, 5.74) is 1.20. The molecule has 2 rings (SSSR count). The first-order valence-electron chi connectivity index (χ1n) is 5.28. The van der Waals surface area contributed by atoms with Gasteiger partial charge in [0.1, 0.15) is 0 Å². The summed E-state index contributed by atoms with van der Waals surface area (Å²) in [4.78, 5) is 15.5. The summed E-state index contributed by atoms with van der Waals surface area (Å²) in [7, 11) is 0. The third kappa shape index (κ3) is 3.02. The molecule has 0 radical (unpaired) electrons. The second-order valence-corrected chi connectivity index (χ2v) is 3.67. The van der Waals surface area contributed by atoms with Crippen LogP contribution in [0.15, 0.2) is 43.0 Å². The lowest BCUT2D eigenvalue weighted by Crippen LogP contribution is -2.39. The number of nitrogens with one attached hydrogen (secondary N) is 1. The molecule has 0 aliphatic carbocycles. The molecule has 0 fully saturated rings. The monoisotopic (exact) mass is 216 g/mol. The number of nitrogens with zero attached hydrogens (tertiary/aromatic N) is 2. The van der Waals surface area contributed by atoms with E-state index >= 15 is 0 Å². The molecular formula is C12H14N3O+. The summed E-state index contributed by atoms with van der Waals surface area (Å²) < 4.78 is 1.67. The third-order valence-electron chi connectivity index (χ3n) is 2.39. The molecule has 0 amide bonds. The van der Waals surface area contributed by atoms with E-state index in [9.17, 15) is 4.79 Å². The molecule has 1 heterocycles. The predicted molar refractivity (Wildman–Crippen MR) is 58.6 cm³/mol. The van der Waals surface area contributed by atoms with E-state index in [1.807, 2.05) is 30.3 Å². The minimum Gasteiger partial charge on any atom is -0.295 e. The van der Waals surface area contributed by atoms with Crippen molar-refractivity contribution in [1.82, 2.24) is 10.1 Å². The van der Waals surface area contributed by atoms with Gasteiger partial charge in [-0.3, -0.25) is 4.79 Å². The van der Waals surface area contributed by atoms with Crippen molar-refractivity contribution in [3.05, 3.63) is 48.5 Å². The normalized spacial score (nSPS) is 10.2. The van der Waals surface area contributed by atoms with Crippen molar-refractivity contribution >= 4 is 5.78 Å². The van der Waals surface area contributed by atoms with Gasteiger partial charge in [-0.15, -0.1) is 0 Å². The maximum Gasteiger partial charge on any atom is 0.307 e. The Balaban J connectivity index is 1.80. The number of carbonyl (C=O) groups is 1. The van der Waals surface area contributed by atoms with Gasteiger partial charge < -0.3 is 0 Å². The van der Waals surface area contributed by atoms with E-state index < -0.39 is 0 Å². The Labute approximate surface area is 93.9 Å². The van der Waals surface area contributed by atoms with Crippen molar-refractivity contribution in [1.29, 1.82) is 0 Å². The van der Waals surface area contributed by atoms with Crippen LogP contribution in [0.1, 0.15) is 12.0 Å². The zero-order valence-electron chi connectivity index (χ0n) is 8.97. The summed E-state index contributed by atoms with van der Waals surface area (Å²) in [6, 6.07) is 10.0. The summed E-state index contributed by atoms with van der Waals surface area (Å²) in [6.07, 6.45) is 4.54. The van der Waals surface area contributed by atoms with E-state index in [2.05, 4.69) is 10.1 Å². The van der Waals surface area contributed by atoms with E-state index in [1.165, 1.54) is 5.56 Å². The summed E-state index contributed by atoms with van der Waals surface area (Å²) in [5, 5.41) is 2.85. The fourth-order valence-corrected chi connectivity index (χ4v) is 1.54. The molecule has 0 unspecified atom stereocenters. The van der Waals surface area contributed by atoms with Crippen LogP contribution >= 0.6 is 0 Å². The number of aromatic nitrogens is 3. The molecule has 4 heteroatoms. The molecule has 0 saturated carbocycles. The molecule has 0 saturated heterocycles. The van der Waals surface area contributed by atoms with Crippen molar-refractivity contribution in [2.24, 2.45) is 0 Å². The van der Waals surface area contributed by atoms with Gasteiger partial charge in [0.2, 0.25) is 6.33 Å². The van der Waals surface area contributed by atoms with Crippen molar-refractivity contribution in [2.75, 3.05) is 0 Å². The standard InChI is InChI=1S/C12H13N3O/c16-12(8-15-10-13-9-14-15)7-6-11-4-2-1-3-5-11/h1-5,9-10H,6-8H2/p+1. The first kappa shape index (κ1) is 10.5. The molecule has 0 atom stereocenters. The number of aryl methyl sites for hydroxylation is 1. The zero-order valence-corrected chi connectivity index (χ0v) is 8.97. The van der Waals surface area contributed by atoms with E-state index in [0.717, 1.165) is 6.42 Å². The first-order valence-corrected chi connectivity index (χ1v) is 5.28. The van der Waals surface area contributed by atoms with Gasteiger partial charge in [-0.25, -0.2) is 0 Å². The lowest BCUT2D eigenvalue weighted by atomic mass is 10.1. The molecule has 0 spiro atoms. The van der Waals surface area contributed by atoms with Gasteiger partial charge in [-0.05, 0) is 17.0 Å². The highest BCUT2D eigenvalue weighted by Gasteiger charge is 2.07. The zero-order chi connectivity index (χ0) is 11.2. The number of hydrogen-bond acceptors (Lipinski definition) is 2. The molecule has 16 heavy (non-hydrogen) atoms. The van der Waals surface area contributed by atoms with Crippen LogP contribution in [0.4, 0.5) is 0 Å². The van der Waals surface area contributed by atoms with Crippen molar-refractivity contribution < 1.29 is 9.48 Å². The molecule has 4 nitrogen and oxygen atoms in total. The summed E-state index contributed by atoms with van der Waals surface area (Å²) in [5.74, 6) is 0.207. The molecule has 1 N–H and O–H groups in total. The number of carbonyl (C=O) groups excluding carboxylic acids is 1. The lowest BCUT2D eigenvalue weighted by molar-refractivity contribution is -0.739. The quantitative estimate of drug-likeness (QED) is 0.755. The van der Waals surface area contributed by atoms with Gasteiger partial charge in [-0.2, -0.15) is 9.78 Å². The van der Waals surface area contributed by atoms with Crippen LogP contribution in [0, 0.1) is 0 Å². The van der Waals surface area contributed by atoms with Crippen LogP contribution in [0.3, 0.4) is 0 Å². The van der Waals surface area contributed by atoms with Gasteiger partial charge in [0.25, 0.3) is 0 Å². The topological polar surface area (TPSA) is 49.6 Å². The summed E-state index contributed by atoms with van der Waals surface area (Å²) in [6.45, 7) is 0.368. The van der Waals surface area contributed by atoms with Gasteiger partial charge in [0, 0.05) is 6.42 Å². The number of ketones is 1. The SMILES string of the molecule is O=C(CCc1ccccc1)C[n+]1cnc[nH]1. The number of H-pyrrole nitrogens is 1. The second kappa shape index (κ2) is 5.21. The molecule has 1 aromatic heterocycles. The maximum absolute atomic E-state index is 11.6. The highest BCUT2D eigenvalue weighted by Crippen LogP contribution is 2.02. The van der Waals surface area contributed by atoms with Crippen LogP contribution in [0.2, 0.25) is 0 Å². The maximum atomic E-state index is 11.6. The van der Waals surface area contributed by atoms with E-state index in [0.29, 0.717) is 13.0 Å². The molecule has 1 aromatic carbocycles. The number of Topliss-reactive ketones (excluding diaryl/α,β-unsaturated/α-hetero) is 1. The van der Waals surface area contributed by atoms with Crippen molar-refractivity contribution in [3.63, 3.8) is 0 Å². The van der Waals surface area contributed by atoms with Crippen LogP contribution in [0.25, 0.3) is 0 Å². The van der Waals surface area contributed by atoms with E-state index in [4.69, 9.17) is 0 Å². The Hall–Kier alpha value is -1.97. The average molecular weight is 216 g/mol. The minimum atomic E-state index is 0.207. The van der Waals surface area contributed by atoms with Crippen LogP contribution < -0.4 is 4.68 Å².